The largest absolute Gasteiger partial charge is 0.309 e. The average Bonchev–Trinajstić information content (AvgIpc) is 1.57. The number of benzene rings is 13. The van der Waals surface area contributed by atoms with E-state index in [2.05, 4.69) is 256 Å². The summed E-state index contributed by atoms with van der Waals surface area (Å²) in [5, 5.41) is 14.3. The Hall–Kier alpha value is -14.0. The van der Waals surface area contributed by atoms with E-state index >= 15 is 0 Å². The van der Waals surface area contributed by atoms with Crippen LogP contribution in [0, 0.1) is 11.3 Å². The predicted molar refractivity (Wildman–Crippen MR) is 475 cm³/mol. The van der Waals surface area contributed by atoms with Crippen LogP contribution >= 0.6 is 0 Å². The highest BCUT2D eigenvalue weighted by Crippen LogP contribution is 2.47. The molecule has 5 aromatic heterocycles. The zero-order chi connectivity index (χ0) is 79.9. The van der Waals surface area contributed by atoms with E-state index in [9.17, 15) is 5.26 Å². The van der Waals surface area contributed by atoms with E-state index in [0.29, 0.717) is 58.0 Å². The van der Waals surface area contributed by atoms with Crippen LogP contribution in [0.4, 0.5) is 0 Å². The van der Waals surface area contributed by atoms with Gasteiger partial charge < -0.3 is 9.13 Å². The lowest BCUT2D eigenvalue weighted by Gasteiger charge is -2.26. The van der Waals surface area contributed by atoms with E-state index in [-0.39, 0.29) is 21.7 Å². The van der Waals surface area contributed by atoms with Crippen LogP contribution in [0.25, 0.3) is 180 Å². The topological polar surface area (TPSA) is 150 Å². The fourth-order valence-corrected chi connectivity index (χ4v) is 15.6. The van der Waals surface area contributed by atoms with Crippen LogP contribution in [-0.2, 0) is 21.7 Å². The zero-order valence-corrected chi connectivity index (χ0v) is 67.2. The molecule has 12 nitrogen and oxygen atoms in total. The smallest absolute Gasteiger partial charge is 0.164 e. The number of hydrogen-bond donors (Lipinski definition) is 0. The van der Waals surface area contributed by atoms with Crippen molar-refractivity contribution in [1.82, 2.24) is 54.0 Å². The summed E-state index contributed by atoms with van der Waals surface area (Å²) >= 11 is 0. The van der Waals surface area contributed by atoms with Gasteiger partial charge in [-0.25, -0.2) is 44.9 Å². The summed E-state index contributed by atoms with van der Waals surface area (Å²) in [4.78, 5) is 48.2. The van der Waals surface area contributed by atoms with Crippen molar-refractivity contribution >= 4 is 43.6 Å². The molecule has 0 saturated heterocycles. The number of nitriles is 1. The molecule has 0 aliphatic heterocycles. The van der Waals surface area contributed by atoms with Gasteiger partial charge >= 0.3 is 0 Å². The van der Waals surface area contributed by atoms with Crippen molar-refractivity contribution < 1.29 is 0 Å². The maximum Gasteiger partial charge on any atom is 0.164 e. The Kier molecular flexibility index (Phi) is 18.3. The van der Waals surface area contributed by atoms with Gasteiger partial charge in [0.15, 0.2) is 52.4 Å². The number of fused-ring (bicyclic) bond motifs is 6. The molecule has 0 atom stereocenters. The first-order valence-electron chi connectivity index (χ1n) is 39.6. The second kappa shape index (κ2) is 28.9. The van der Waals surface area contributed by atoms with E-state index in [0.717, 1.165) is 127 Å². The van der Waals surface area contributed by atoms with Crippen LogP contribution in [0.15, 0.2) is 303 Å². The van der Waals surface area contributed by atoms with Crippen LogP contribution in [0.1, 0.15) is 111 Å². The number of rotatable bonds is 13. The van der Waals surface area contributed by atoms with Crippen molar-refractivity contribution in [2.45, 2.75) is 105 Å². The average molecular weight is 1500 g/mol. The Labute approximate surface area is 676 Å². The molecule has 0 aliphatic carbocycles. The van der Waals surface area contributed by atoms with Gasteiger partial charge in [-0.2, -0.15) is 5.26 Å². The van der Waals surface area contributed by atoms with Crippen LogP contribution in [0.2, 0.25) is 0 Å². The van der Waals surface area contributed by atoms with Crippen LogP contribution in [-0.4, -0.2) is 54.0 Å². The predicted octanol–water partition coefficient (Wildman–Crippen LogP) is 25.8. The molecule has 5 heterocycles. The molecule has 0 radical (unpaired) electrons. The molecule has 0 bridgehead atoms. The number of aromatic nitrogens is 11. The molecule has 0 fully saturated rings. The quantitative estimate of drug-likeness (QED) is 0.109. The maximum atomic E-state index is 10.2. The summed E-state index contributed by atoms with van der Waals surface area (Å²) in [5.41, 5.74) is 21.9. The van der Waals surface area contributed by atoms with Gasteiger partial charge in [-0.05, 0) is 164 Å². The third-order valence-electron chi connectivity index (χ3n) is 22.1. The minimum atomic E-state index is -0.194. The van der Waals surface area contributed by atoms with E-state index in [1.165, 1.54) is 22.3 Å². The van der Waals surface area contributed by atoms with Crippen molar-refractivity contribution in [2.24, 2.45) is 0 Å². The minimum absolute atomic E-state index is 0.194. The highest BCUT2D eigenvalue weighted by atomic mass is 15.1. The maximum absolute atomic E-state index is 10.2. The van der Waals surface area contributed by atoms with Gasteiger partial charge in [-0.3, -0.25) is 0 Å². The van der Waals surface area contributed by atoms with E-state index in [1.807, 2.05) is 146 Å². The third kappa shape index (κ3) is 14.1. The summed E-state index contributed by atoms with van der Waals surface area (Å²) in [6.45, 7) is 27.3. The van der Waals surface area contributed by atoms with E-state index in [4.69, 9.17) is 44.9 Å². The molecular formula is C104H86N12. The van der Waals surface area contributed by atoms with Gasteiger partial charge in [0.1, 0.15) is 0 Å². The normalized spacial score (nSPS) is 12.1. The van der Waals surface area contributed by atoms with Crippen molar-refractivity contribution in [2.75, 3.05) is 0 Å². The molecule has 18 rings (SSSR count). The minimum Gasteiger partial charge on any atom is -0.309 e. The van der Waals surface area contributed by atoms with Crippen LogP contribution in [0.3, 0.4) is 0 Å². The summed E-state index contributed by atoms with van der Waals surface area (Å²) in [6, 6.07) is 109. The van der Waals surface area contributed by atoms with Crippen molar-refractivity contribution in [1.29, 1.82) is 5.26 Å². The lowest BCUT2D eigenvalue weighted by molar-refractivity contribution is 0.568. The second-order valence-electron chi connectivity index (χ2n) is 34.3. The molecule has 562 valence electrons. The van der Waals surface area contributed by atoms with Gasteiger partial charge in [0.25, 0.3) is 0 Å². The molecule has 0 N–H and O–H groups in total. The summed E-state index contributed by atoms with van der Waals surface area (Å²) < 4.78 is 4.82. The highest BCUT2D eigenvalue weighted by Gasteiger charge is 2.29. The van der Waals surface area contributed by atoms with E-state index in [1.54, 1.807) is 0 Å². The van der Waals surface area contributed by atoms with Crippen LogP contribution < -0.4 is 0 Å². The molecule has 116 heavy (non-hydrogen) atoms. The molecule has 0 saturated carbocycles. The molecule has 0 aliphatic rings. The van der Waals surface area contributed by atoms with Gasteiger partial charge in [0, 0.05) is 82.7 Å². The Bertz CT molecular complexity index is 6630. The van der Waals surface area contributed by atoms with E-state index < -0.39 is 0 Å². The third-order valence-corrected chi connectivity index (χ3v) is 22.1. The van der Waals surface area contributed by atoms with Crippen LogP contribution in [0.5, 0.6) is 0 Å². The van der Waals surface area contributed by atoms with Gasteiger partial charge in [-0.15, -0.1) is 0 Å². The first-order chi connectivity index (χ1) is 55.9. The molecule has 12 heteroatoms. The molecule has 0 amide bonds. The lowest BCUT2D eigenvalue weighted by atomic mass is 9.79. The molecule has 18 aromatic rings. The SMILES string of the molecule is CC(C)(C)c1cc(-c2nc(-c3cc(C(C)(C)C)cc(C(C)(C)C)c3)nc(-c3ccc(-n4c5ccccc5c5cc(-c6nc(-c7ccccc7)nc(-c7ccccc7)n6)ccc54)c(-c4ccc(-c5ccc(C#N)cc5)cc4-n4c5ccccc5c5cc(-c6nc(-c7ccccc7)nc(-c7ccccc7)n6)ccc54)c3)n2)cc(C(C)(C)C)c1. The lowest BCUT2D eigenvalue weighted by Crippen LogP contribution is -2.17. The Morgan fingerprint density at radius 2 is 0.509 bits per heavy atom. The molecule has 0 unspecified atom stereocenters. The van der Waals surface area contributed by atoms with Crippen molar-refractivity contribution in [3.63, 3.8) is 0 Å². The highest BCUT2D eigenvalue weighted by molar-refractivity contribution is 6.13. The second-order valence-corrected chi connectivity index (χ2v) is 34.3. The standard InChI is InChI=1S/C104H86N12/c1-101(2,3)76-53-74(54-77(61-76)102(4,5)6)99-112-98(113-100(114-99)75-55-78(103(7,8)9)62-79(56-75)104(10,11)12)73-47-51-89(115-86-39-27-25-37-80(86)83-57-71(46-50-88(83)115)96-108-92(66-29-17-13-18-30-66)106-93(109-96)67-31-19-14-20-32-67)85(59-73)82-49-45-70(65-43-41-64(63-105)42-44-65)60-91(82)116-87-40-28-26-38-81(87)84-58-72(48-52-90(84)116)97-110-94(68-33-21-15-22-34-68)107-95(111-97)69-35-23-16-24-36-69/h13-62H,1-12H3. The Morgan fingerprint density at radius 3 is 0.871 bits per heavy atom. The zero-order valence-electron chi connectivity index (χ0n) is 67.2. The molecular weight excluding hydrogens is 1420 g/mol. The Balaban J connectivity index is 0.922. The fourth-order valence-electron chi connectivity index (χ4n) is 15.6. The first-order valence-corrected chi connectivity index (χ1v) is 39.6. The summed E-state index contributed by atoms with van der Waals surface area (Å²) in [7, 11) is 0. The van der Waals surface area contributed by atoms with Gasteiger partial charge in [0.05, 0.1) is 45.1 Å². The summed E-state index contributed by atoms with van der Waals surface area (Å²) in [5.74, 6) is 5.13. The number of hydrogen-bond acceptors (Lipinski definition) is 10. The van der Waals surface area contributed by atoms with Gasteiger partial charge in [-0.1, -0.05) is 277 Å². The van der Waals surface area contributed by atoms with Gasteiger partial charge in [0.2, 0.25) is 0 Å². The summed E-state index contributed by atoms with van der Waals surface area (Å²) in [6.07, 6.45) is 0. The molecule has 13 aromatic carbocycles. The van der Waals surface area contributed by atoms with Crippen molar-refractivity contribution in [3.8, 4) is 142 Å². The van der Waals surface area contributed by atoms with Crippen molar-refractivity contribution in [3.05, 3.63) is 331 Å². The molecule has 0 spiro atoms. The fraction of sp³-hybridized carbons (Fsp3) is 0.154. The number of nitrogens with zero attached hydrogens (tertiary/aromatic N) is 12. The Morgan fingerprint density at radius 1 is 0.216 bits per heavy atom. The first kappa shape index (κ1) is 73.5. The number of para-hydroxylation sites is 2. The monoisotopic (exact) mass is 1500 g/mol.